The molecule has 3 rings (SSSR count). The number of guanidine groups is 1. The summed E-state index contributed by atoms with van der Waals surface area (Å²) in [6, 6.07) is 8.25. The van der Waals surface area contributed by atoms with Crippen molar-refractivity contribution < 1.29 is 4.74 Å². The molecule has 4 nitrogen and oxygen atoms in total. The zero-order valence-electron chi connectivity index (χ0n) is 11.8. The molecule has 1 heterocycles. The zero-order valence-corrected chi connectivity index (χ0v) is 14.1. The summed E-state index contributed by atoms with van der Waals surface area (Å²) in [5, 5.41) is 6.70. The fraction of sp³-hybridized carbons (Fsp3) is 0.533. The van der Waals surface area contributed by atoms with E-state index < -0.39 is 0 Å². The van der Waals surface area contributed by atoms with Crippen LogP contribution in [0.15, 0.2) is 29.3 Å². The van der Waals surface area contributed by atoms with Crippen molar-refractivity contribution in [2.75, 3.05) is 20.1 Å². The van der Waals surface area contributed by atoms with Crippen molar-refractivity contribution in [1.29, 1.82) is 0 Å². The first kappa shape index (κ1) is 15.4. The van der Waals surface area contributed by atoms with Crippen molar-refractivity contribution in [2.24, 2.45) is 10.9 Å². The van der Waals surface area contributed by atoms with Crippen molar-refractivity contribution in [3.8, 4) is 5.75 Å². The number of rotatable bonds is 4. The van der Waals surface area contributed by atoms with E-state index in [-0.39, 0.29) is 30.1 Å². The summed E-state index contributed by atoms with van der Waals surface area (Å²) >= 11 is 0. The van der Waals surface area contributed by atoms with Crippen LogP contribution in [0.1, 0.15) is 18.4 Å². The predicted molar refractivity (Wildman–Crippen MR) is 92.1 cm³/mol. The lowest BCUT2D eigenvalue weighted by molar-refractivity contribution is 0.235. The Hall–Kier alpha value is -0.980. The Labute approximate surface area is 137 Å². The first-order valence-electron chi connectivity index (χ1n) is 7.04. The third kappa shape index (κ3) is 4.01. The van der Waals surface area contributed by atoms with Gasteiger partial charge in [0.2, 0.25) is 0 Å². The topological polar surface area (TPSA) is 45.7 Å². The van der Waals surface area contributed by atoms with Gasteiger partial charge in [0.1, 0.15) is 11.9 Å². The number of ether oxygens (including phenoxy) is 1. The summed E-state index contributed by atoms with van der Waals surface area (Å²) < 4.78 is 5.89. The molecule has 1 saturated carbocycles. The Morgan fingerprint density at radius 3 is 2.70 bits per heavy atom. The number of halogens is 1. The van der Waals surface area contributed by atoms with Crippen LogP contribution in [-0.2, 0) is 6.42 Å². The Bertz CT molecular complexity index is 449. The van der Waals surface area contributed by atoms with Crippen LogP contribution in [0.3, 0.4) is 0 Å². The van der Waals surface area contributed by atoms with Crippen LogP contribution >= 0.6 is 24.0 Å². The first-order valence-corrected chi connectivity index (χ1v) is 7.04. The van der Waals surface area contributed by atoms with Gasteiger partial charge >= 0.3 is 0 Å². The van der Waals surface area contributed by atoms with Gasteiger partial charge < -0.3 is 15.4 Å². The van der Waals surface area contributed by atoms with Gasteiger partial charge in [-0.25, -0.2) is 0 Å². The van der Waals surface area contributed by atoms with Crippen LogP contribution < -0.4 is 15.4 Å². The van der Waals surface area contributed by atoms with Crippen LogP contribution in [-0.4, -0.2) is 32.2 Å². The summed E-state index contributed by atoms with van der Waals surface area (Å²) in [5.41, 5.74) is 1.30. The van der Waals surface area contributed by atoms with Gasteiger partial charge in [0.25, 0.3) is 0 Å². The number of aliphatic imine (C=N–C) groups is 1. The molecule has 20 heavy (non-hydrogen) atoms. The van der Waals surface area contributed by atoms with Crippen LogP contribution in [0.25, 0.3) is 0 Å². The second-order valence-electron chi connectivity index (χ2n) is 5.33. The summed E-state index contributed by atoms with van der Waals surface area (Å²) in [6.45, 7) is 1.82. The smallest absolute Gasteiger partial charge is 0.191 e. The summed E-state index contributed by atoms with van der Waals surface area (Å²) in [7, 11) is 1.81. The predicted octanol–water partition coefficient (Wildman–Crippen LogP) is 2.18. The molecule has 1 fully saturated rings. The monoisotopic (exact) mass is 387 g/mol. The molecule has 1 aromatic rings. The maximum atomic E-state index is 5.89. The van der Waals surface area contributed by atoms with E-state index in [0.717, 1.165) is 37.1 Å². The number of hydrogen-bond donors (Lipinski definition) is 2. The number of hydrogen-bond acceptors (Lipinski definition) is 2. The molecular weight excluding hydrogens is 365 g/mol. The van der Waals surface area contributed by atoms with Gasteiger partial charge in [-0.05, 0) is 30.4 Å². The summed E-state index contributed by atoms with van der Waals surface area (Å²) in [4.78, 5) is 4.24. The van der Waals surface area contributed by atoms with Crippen molar-refractivity contribution in [3.05, 3.63) is 29.8 Å². The molecule has 5 heteroatoms. The lowest BCUT2D eigenvalue weighted by Gasteiger charge is -2.15. The van der Waals surface area contributed by atoms with Crippen LogP contribution in [0.2, 0.25) is 0 Å². The first-order chi connectivity index (χ1) is 9.35. The standard InChI is InChI=1S/C15H21N3O.HI/c1-16-15(17-9-11-6-7-11)18-10-13-8-12-4-2-3-5-14(12)19-13;/h2-5,11,13H,6-10H2,1H3,(H2,16,17,18);1H. The van der Waals surface area contributed by atoms with E-state index in [1.165, 1.54) is 18.4 Å². The highest BCUT2D eigenvalue weighted by molar-refractivity contribution is 14.0. The van der Waals surface area contributed by atoms with Gasteiger partial charge in [-0.15, -0.1) is 24.0 Å². The number of para-hydroxylation sites is 1. The fourth-order valence-corrected chi connectivity index (χ4v) is 2.36. The molecule has 110 valence electrons. The second-order valence-corrected chi connectivity index (χ2v) is 5.33. The molecule has 2 aliphatic rings. The molecular formula is C15H22IN3O. The molecule has 1 aliphatic carbocycles. The highest BCUT2D eigenvalue weighted by atomic mass is 127. The van der Waals surface area contributed by atoms with Gasteiger partial charge in [0, 0.05) is 20.0 Å². The van der Waals surface area contributed by atoms with Gasteiger partial charge in [0.05, 0.1) is 6.54 Å². The van der Waals surface area contributed by atoms with Crippen molar-refractivity contribution in [3.63, 3.8) is 0 Å². The van der Waals surface area contributed by atoms with E-state index in [9.17, 15) is 0 Å². The summed E-state index contributed by atoms with van der Waals surface area (Å²) in [5.74, 6) is 2.76. The molecule has 2 N–H and O–H groups in total. The second kappa shape index (κ2) is 7.15. The minimum Gasteiger partial charge on any atom is -0.488 e. The minimum absolute atomic E-state index is 0. The maximum Gasteiger partial charge on any atom is 0.191 e. The van der Waals surface area contributed by atoms with Gasteiger partial charge in [-0.2, -0.15) is 0 Å². The van der Waals surface area contributed by atoms with Crippen LogP contribution in [0.5, 0.6) is 5.75 Å². The molecule has 1 atom stereocenters. The number of benzene rings is 1. The third-order valence-electron chi connectivity index (χ3n) is 3.69. The molecule has 0 bridgehead atoms. The third-order valence-corrected chi connectivity index (χ3v) is 3.69. The molecule has 0 spiro atoms. The number of fused-ring (bicyclic) bond motifs is 1. The molecule has 0 aromatic heterocycles. The molecule has 1 unspecified atom stereocenters. The van der Waals surface area contributed by atoms with Gasteiger partial charge in [0.15, 0.2) is 5.96 Å². The highest BCUT2D eigenvalue weighted by Crippen LogP contribution is 2.28. The number of nitrogens with one attached hydrogen (secondary N) is 2. The molecule has 0 radical (unpaired) electrons. The molecule has 1 aliphatic heterocycles. The van der Waals surface area contributed by atoms with Crippen LogP contribution in [0.4, 0.5) is 0 Å². The highest BCUT2D eigenvalue weighted by Gasteiger charge is 2.23. The summed E-state index contributed by atoms with van der Waals surface area (Å²) in [6.07, 6.45) is 3.88. The van der Waals surface area contributed by atoms with E-state index in [2.05, 4.69) is 27.8 Å². The van der Waals surface area contributed by atoms with E-state index in [1.807, 2.05) is 19.2 Å². The number of nitrogens with zero attached hydrogens (tertiary/aromatic N) is 1. The van der Waals surface area contributed by atoms with E-state index in [4.69, 9.17) is 4.74 Å². The SMILES string of the molecule is CN=C(NCC1CC1)NCC1Cc2ccccc2O1.I. The van der Waals surface area contributed by atoms with Gasteiger partial charge in [-0.3, -0.25) is 4.99 Å². The minimum atomic E-state index is 0. The molecule has 0 amide bonds. The Morgan fingerprint density at radius 2 is 2.00 bits per heavy atom. The zero-order chi connectivity index (χ0) is 13.1. The average Bonchev–Trinajstić information content (AvgIpc) is 3.17. The lowest BCUT2D eigenvalue weighted by Crippen LogP contribution is -2.42. The van der Waals surface area contributed by atoms with E-state index >= 15 is 0 Å². The van der Waals surface area contributed by atoms with E-state index in [0.29, 0.717) is 0 Å². The Kier molecular flexibility index (Phi) is 5.51. The molecule has 1 aromatic carbocycles. The Balaban J connectivity index is 0.00000147. The quantitative estimate of drug-likeness (QED) is 0.473. The van der Waals surface area contributed by atoms with Crippen molar-refractivity contribution >= 4 is 29.9 Å². The van der Waals surface area contributed by atoms with E-state index in [1.54, 1.807) is 0 Å². The lowest BCUT2D eigenvalue weighted by atomic mass is 10.1. The van der Waals surface area contributed by atoms with Crippen molar-refractivity contribution in [1.82, 2.24) is 10.6 Å². The molecule has 0 saturated heterocycles. The largest absolute Gasteiger partial charge is 0.488 e. The normalized spacial score (nSPS) is 20.6. The Morgan fingerprint density at radius 1 is 1.25 bits per heavy atom. The van der Waals surface area contributed by atoms with Crippen LogP contribution in [0, 0.1) is 5.92 Å². The van der Waals surface area contributed by atoms with Gasteiger partial charge in [-0.1, -0.05) is 18.2 Å². The maximum absolute atomic E-state index is 5.89. The van der Waals surface area contributed by atoms with Crippen molar-refractivity contribution in [2.45, 2.75) is 25.4 Å². The average molecular weight is 387 g/mol. The fourth-order valence-electron chi connectivity index (χ4n) is 2.36.